The van der Waals surface area contributed by atoms with Gasteiger partial charge in [-0.15, -0.1) is 0 Å². The molecule has 1 aliphatic carbocycles. The molecule has 0 saturated heterocycles. The normalized spacial score (nSPS) is 15.9. The molecule has 4 heteroatoms. The first-order chi connectivity index (χ1) is 18.3. The zero-order chi connectivity index (χ0) is 26.7. The summed E-state index contributed by atoms with van der Waals surface area (Å²) < 4.78 is 0. The zero-order valence-corrected chi connectivity index (χ0v) is 21.9. The average molecular weight is 497 g/mol. The highest BCUT2D eigenvalue weighted by Crippen LogP contribution is 2.41. The number of hydrogen-bond donors (Lipinski definition) is 2. The molecule has 3 nitrogen and oxygen atoms in total. The van der Waals surface area contributed by atoms with Gasteiger partial charge in [-0.05, 0) is 76.1 Å². The summed E-state index contributed by atoms with van der Waals surface area (Å²) in [4.78, 5) is 2.21. The van der Waals surface area contributed by atoms with E-state index in [1.165, 1.54) is 16.7 Å². The van der Waals surface area contributed by atoms with Crippen LogP contribution in [0.2, 0.25) is 0 Å². The second-order valence-corrected chi connectivity index (χ2v) is 10.2. The molecule has 5 rings (SSSR count). The summed E-state index contributed by atoms with van der Waals surface area (Å²) in [6, 6.07) is 32.9. The number of allylic oxidation sites excluding steroid dienone is 5. The van der Waals surface area contributed by atoms with E-state index in [0.717, 1.165) is 34.6 Å². The summed E-state index contributed by atoms with van der Waals surface area (Å²) in [6.07, 6.45) is 9.28. The predicted octanol–water partition coefficient (Wildman–Crippen LogP) is 7.01. The van der Waals surface area contributed by atoms with Gasteiger partial charge in [-0.25, -0.2) is 0 Å². The van der Waals surface area contributed by atoms with E-state index in [0.29, 0.717) is 5.46 Å². The Morgan fingerprint density at radius 2 is 1.34 bits per heavy atom. The van der Waals surface area contributed by atoms with Gasteiger partial charge in [0.15, 0.2) is 0 Å². The van der Waals surface area contributed by atoms with Crippen LogP contribution in [0.15, 0.2) is 134 Å². The van der Waals surface area contributed by atoms with Crippen molar-refractivity contribution in [2.24, 2.45) is 0 Å². The fourth-order valence-electron chi connectivity index (χ4n) is 4.97. The van der Waals surface area contributed by atoms with Crippen LogP contribution in [0.5, 0.6) is 0 Å². The Kier molecular flexibility index (Phi) is 7.19. The first kappa shape index (κ1) is 25.5. The van der Waals surface area contributed by atoms with Crippen LogP contribution in [-0.2, 0) is 11.8 Å². The van der Waals surface area contributed by atoms with E-state index in [2.05, 4.69) is 104 Å². The average Bonchev–Trinajstić information content (AvgIpc) is 2.99. The molecule has 0 bridgehead atoms. The standard InChI is InChI=1S/C34H32BNO2/c1-25-10-6-4-9-13-28-16-21-32(24-33(28)34(25,2)3)36(31-22-17-29(18-23-31)35(37)38)30-19-14-27(15-20-30)26-11-7-5-8-12-26/h4-12,14-24,37-38H,1,13H2,2-3H3/b9-4-,10-6-. The van der Waals surface area contributed by atoms with Crippen LogP contribution >= 0.6 is 0 Å². The lowest BCUT2D eigenvalue weighted by Crippen LogP contribution is -2.29. The molecular formula is C34H32BNO2. The van der Waals surface area contributed by atoms with Crippen molar-refractivity contribution in [3.63, 3.8) is 0 Å². The van der Waals surface area contributed by atoms with Gasteiger partial charge < -0.3 is 14.9 Å². The van der Waals surface area contributed by atoms with E-state index >= 15 is 0 Å². The van der Waals surface area contributed by atoms with E-state index in [1.807, 2.05) is 30.3 Å². The molecule has 0 amide bonds. The van der Waals surface area contributed by atoms with Gasteiger partial charge in [0.05, 0.1) is 0 Å². The monoisotopic (exact) mass is 497 g/mol. The minimum absolute atomic E-state index is 0.248. The summed E-state index contributed by atoms with van der Waals surface area (Å²) in [5.74, 6) is 0. The Morgan fingerprint density at radius 1 is 0.737 bits per heavy atom. The molecule has 0 aliphatic heterocycles. The maximum absolute atomic E-state index is 9.64. The van der Waals surface area contributed by atoms with E-state index in [-0.39, 0.29) is 5.41 Å². The Hall–Kier alpha value is -4.12. The number of benzene rings is 4. The smallest absolute Gasteiger partial charge is 0.423 e. The van der Waals surface area contributed by atoms with Crippen LogP contribution in [0, 0.1) is 0 Å². The van der Waals surface area contributed by atoms with Crippen molar-refractivity contribution in [2.75, 3.05) is 4.90 Å². The lowest BCUT2D eigenvalue weighted by Gasteiger charge is -2.32. The number of rotatable bonds is 5. The minimum atomic E-state index is -1.50. The molecule has 0 fully saturated rings. The van der Waals surface area contributed by atoms with E-state index < -0.39 is 7.12 Å². The number of hydrogen-bond acceptors (Lipinski definition) is 3. The number of fused-ring (bicyclic) bond motifs is 1. The molecule has 0 unspecified atom stereocenters. The molecule has 188 valence electrons. The molecule has 38 heavy (non-hydrogen) atoms. The number of anilines is 3. The molecule has 4 aromatic carbocycles. The minimum Gasteiger partial charge on any atom is -0.423 e. The van der Waals surface area contributed by atoms with Crippen LogP contribution in [0.25, 0.3) is 11.1 Å². The van der Waals surface area contributed by atoms with Crippen LogP contribution in [-0.4, -0.2) is 17.2 Å². The Labute approximate surface area is 225 Å². The molecule has 1 aliphatic rings. The Balaban J connectivity index is 1.64. The fourth-order valence-corrected chi connectivity index (χ4v) is 4.97. The molecule has 0 atom stereocenters. The topological polar surface area (TPSA) is 43.7 Å². The van der Waals surface area contributed by atoms with E-state index in [4.69, 9.17) is 0 Å². The third kappa shape index (κ3) is 5.15. The van der Waals surface area contributed by atoms with E-state index in [1.54, 1.807) is 12.1 Å². The SMILES string of the molecule is C=C1/C=C\C=C/Cc2ccc(N(c3ccc(B(O)O)cc3)c3ccc(-c4ccccc4)cc3)cc2C1(C)C. The molecule has 2 N–H and O–H groups in total. The highest BCUT2D eigenvalue weighted by atomic mass is 16.4. The third-order valence-electron chi connectivity index (χ3n) is 7.39. The molecule has 0 spiro atoms. The van der Waals surface area contributed by atoms with Crippen molar-refractivity contribution in [1.29, 1.82) is 0 Å². The van der Waals surface area contributed by atoms with Crippen molar-refractivity contribution in [3.05, 3.63) is 145 Å². The first-order valence-corrected chi connectivity index (χ1v) is 12.9. The maximum Gasteiger partial charge on any atom is 0.488 e. The van der Waals surface area contributed by atoms with Crippen molar-refractivity contribution in [2.45, 2.75) is 25.7 Å². The molecule has 0 aromatic heterocycles. The largest absolute Gasteiger partial charge is 0.488 e. The van der Waals surface area contributed by atoms with Gasteiger partial charge in [0.1, 0.15) is 0 Å². The summed E-state index contributed by atoms with van der Waals surface area (Å²) in [6.45, 7) is 8.84. The molecule has 0 saturated carbocycles. The lowest BCUT2D eigenvalue weighted by atomic mass is 9.75. The lowest BCUT2D eigenvalue weighted by molar-refractivity contribution is 0.426. The van der Waals surface area contributed by atoms with Crippen molar-refractivity contribution in [1.82, 2.24) is 0 Å². The van der Waals surface area contributed by atoms with Gasteiger partial charge in [-0.2, -0.15) is 0 Å². The van der Waals surface area contributed by atoms with Gasteiger partial charge in [0, 0.05) is 22.5 Å². The zero-order valence-electron chi connectivity index (χ0n) is 21.9. The summed E-state index contributed by atoms with van der Waals surface area (Å²) in [5.41, 5.74) is 9.08. The molecule has 4 aromatic rings. The van der Waals surface area contributed by atoms with Crippen molar-refractivity contribution < 1.29 is 10.0 Å². The molecular weight excluding hydrogens is 465 g/mol. The van der Waals surface area contributed by atoms with Crippen molar-refractivity contribution in [3.8, 4) is 11.1 Å². The van der Waals surface area contributed by atoms with Gasteiger partial charge in [0.25, 0.3) is 0 Å². The number of nitrogens with zero attached hydrogens (tertiary/aromatic N) is 1. The molecule has 0 heterocycles. The fraction of sp³-hybridized carbons (Fsp3) is 0.118. The quantitative estimate of drug-likeness (QED) is 0.292. The van der Waals surface area contributed by atoms with Crippen LogP contribution < -0.4 is 10.4 Å². The summed E-state index contributed by atoms with van der Waals surface area (Å²) >= 11 is 0. The Bertz CT molecular complexity index is 1480. The predicted molar refractivity (Wildman–Crippen MR) is 161 cm³/mol. The van der Waals surface area contributed by atoms with Crippen molar-refractivity contribution >= 4 is 29.6 Å². The highest BCUT2D eigenvalue weighted by Gasteiger charge is 2.27. The van der Waals surface area contributed by atoms with Gasteiger partial charge in [-0.1, -0.05) is 105 Å². The van der Waals surface area contributed by atoms with Gasteiger partial charge in [0.2, 0.25) is 0 Å². The Morgan fingerprint density at radius 3 is 2.00 bits per heavy atom. The molecule has 0 radical (unpaired) electrons. The van der Waals surface area contributed by atoms with Crippen LogP contribution in [0.1, 0.15) is 25.0 Å². The summed E-state index contributed by atoms with van der Waals surface area (Å²) in [7, 11) is -1.50. The van der Waals surface area contributed by atoms with Gasteiger partial charge >= 0.3 is 7.12 Å². The second kappa shape index (κ2) is 10.7. The first-order valence-electron chi connectivity index (χ1n) is 12.9. The maximum atomic E-state index is 9.64. The van der Waals surface area contributed by atoms with Crippen LogP contribution in [0.4, 0.5) is 17.1 Å². The van der Waals surface area contributed by atoms with Crippen LogP contribution in [0.3, 0.4) is 0 Å². The summed E-state index contributed by atoms with van der Waals surface area (Å²) in [5, 5.41) is 19.3. The highest BCUT2D eigenvalue weighted by molar-refractivity contribution is 6.58. The second-order valence-electron chi connectivity index (χ2n) is 10.2. The third-order valence-corrected chi connectivity index (χ3v) is 7.39. The van der Waals surface area contributed by atoms with E-state index in [9.17, 15) is 10.0 Å². The van der Waals surface area contributed by atoms with Gasteiger partial charge in [-0.3, -0.25) is 0 Å².